The van der Waals surface area contributed by atoms with Crippen LogP contribution in [0.15, 0.2) is 18.2 Å². The first kappa shape index (κ1) is 17.1. The van der Waals surface area contributed by atoms with E-state index in [1.165, 1.54) is 20.8 Å². The Hall–Kier alpha value is -1.99. The largest absolute Gasteiger partial charge is 0.444 e. The molecular weight excluding hydrogens is 292 g/mol. The molecule has 0 fully saturated rings. The fourth-order valence-corrected chi connectivity index (χ4v) is 1.50. The van der Waals surface area contributed by atoms with Crippen molar-refractivity contribution in [1.29, 1.82) is 0 Å². The lowest BCUT2D eigenvalue weighted by atomic mass is 10.1. The lowest BCUT2D eigenvalue weighted by Gasteiger charge is -2.25. The molecule has 1 amide bonds. The number of alkyl carbamates (subject to hydrolysis) is 1. The SMILES string of the molecule is CC(C)(C)OC(=O)N[C@H](c1ccc(N)c(F)c1)C(F)(F)F. The average molecular weight is 308 g/mol. The molecule has 0 aliphatic carbocycles. The summed E-state index contributed by atoms with van der Waals surface area (Å²) in [7, 11) is 0. The Morgan fingerprint density at radius 2 is 1.86 bits per heavy atom. The van der Waals surface area contributed by atoms with Gasteiger partial charge in [0, 0.05) is 0 Å². The van der Waals surface area contributed by atoms with Gasteiger partial charge in [-0.1, -0.05) is 6.07 Å². The number of hydrogen-bond acceptors (Lipinski definition) is 3. The van der Waals surface area contributed by atoms with Crippen molar-refractivity contribution in [3.8, 4) is 0 Å². The zero-order valence-corrected chi connectivity index (χ0v) is 11.7. The number of carbonyl (C=O) groups is 1. The molecule has 3 N–H and O–H groups in total. The van der Waals surface area contributed by atoms with Gasteiger partial charge in [0.25, 0.3) is 0 Å². The van der Waals surface area contributed by atoms with Crippen molar-refractivity contribution >= 4 is 11.8 Å². The molecule has 0 spiro atoms. The summed E-state index contributed by atoms with van der Waals surface area (Å²) in [5.41, 5.74) is 3.51. The molecule has 0 bridgehead atoms. The normalized spacial score (nSPS) is 13.7. The highest BCUT2D eigenvalue weighted by molar-refractivity contribution is 5.68. The first-order valence-electron chi connectivity index (χ1n) is 6.01. The van der Waals surface area contributed by atoms with Gasteiger partial charge in [-0.3, -0.25) is 0 Å². The fraction of sp³-hybridized carbons (Fsp3) is 0.462. The standard InChI is InChI=1S/C13H16F4N2O2/c1-12(2,3)21-11(20)19-10(13(15,16)17)7-4-5-9(18)8(14)6-7/h4-6,10H,18H2,1-3H3,(H,19,20)/t10-/m1/s1. The average Bonchev–Trinajstić information content (AvgIpc) is 2.26. The van der Waals surface area contributed by atoms with E-state index in [1.807, 2.05) is 0 Å². The van der Waals surface area contributed by atoms with Crippen LogP contribution >= 0.6 is 0 Å². The quantitative estimate of drug-likeness (QED) is 0.649. The molecule has 1 atom stereocenters. The monoisotopic (exact) mass is 308 g/mol. The van der Waals surface area contributed by atoms with E-state index in [4.69, 9.17) is 10.5 Å². The summed E-state index contributed by atoms with van der Waals surface area (Å²) in [4.78, 5) is 11.5. The molecule has 118 valence electrons. The number of ether oxygens (including phenoxy) is 1. The van der Waals surface area contributed by atoms with Crippen LogP contribution < -0.4 is 11.1 Å². The van der Waals surface area contributed by atoms with Gasteiger partial charge in [-0.05, 0) is 38.5 Å². The molecule has 0 saturated heterocycles. The van der Waals surface area contributed by atoms with E-state index in [0.29, 0.717) is 6.07 Å². The smallest absolute Gasteiger partial charge is 0.412 e. The molecule has 0 saturated carbocycles. The van der Waals surface area contributed by atoms with E-state index in [1.54, 1.807) is 5.32 Å². The summed E-state index contributed by atoms with van der Waals surface area (Å²) < 4.78 is 57.1. The van der Waals surface area contributed by atoms with Gasteiger partial charge in [0.2, 0.25) is 0 Å². The molecule has 1 aromatic rings. The number of benzene rings is 1. The third-order valence-electron chi connectivity index (χ3n) is 2.35. The summed E-state index contributed by atoms with van der Waals surface area (Å²) in [5.74, 6) is -0.993. The first-order chi connectivity index (χ1) is 9.40. The molecule has 1 rings (SSSR count). The second-order valence-corrected chi connectivity index (χ2v) is 5.40. The Morgan fingerprint density at radius 1 is 1.29 bits per heavy atom. The minimum absolute atomic E-state index is 0.281. The molecule has 0 aromatic heterocycles. The first-order valence-corrected chi connectivity index (χ1v) is 6.01. The minimum atomic E-state index is -4.81. The maximum atomic E-state index is 13.3. The number of rotatable bonds is 2. The Balaban J connectivity index is 3.02. The Labute approximate surface area is 119 Å². The summed E-state index contributed by atoms with van der Waals surface area (Å²) in [5, 5.41) is 1.68. The molecule has 21 heavy (non-hydrogen) atoms. The molecule has 0 heterocycles. The number of anilines is 1. The Morgan fingerprint density at radius 3 is 2.29 bits per heavy atom. The maximum Gasteiger partial charge on any atom is 0.412 e. The lowest BCUT2D eigenvalue weighted by molar-refractivity contribution is -0.157. The molecule has 4 nitrogen and oxygen atoms in total. The third-order valence-corrected chi connectivity index (χ3v) is 2.35. The number of nitrogens with one attached hydrogen (secondary N) is 1. The molecular formula is C13H16F4N2O2. The molecule has 1 aromatic carbocycles. The van der Waals surface area contributed by atoms with Crippen LogP contribution in [0.5, 0.6) is 0 Å². The van der Waals surface area contributed by atoms with Crippen molar-refractivity contribution in [1.82, 2.24) is 5.32 Å². The van der Waals surface area contributed by atoms with Gasteiger partial charge >= 0.3 is 12.3 Å². The van der Waals surface area contributed by atoms with Crippen molar-refractivity contribution in [2.45, 2.75) is 38.6 Å². The van der Waals surface area contributed by atoms with Gasteiger partial charge in [0.1, 0.15) is 11.4 Å². The van der Waals surface area contributed by atoms with Crippen molar-refractivity contribution in [3.05, 3.63) is 29.6 Å². The van der Waals surface area contributed by atoms with Crippen LogP contribution in [0.25, 0.3) is 0 Å². The van der Waals surface area contributed by atoms with E-state index in [2.05, 4.69) is 0 Å². The highest BCUT2D eigenvalue weighted by atomic mass is 19.4. The maximum absolute atomic E-state index is 13.3. The predicted octanol–water partition coefficient (Wildman–Crippen LogP) is 3.54. The summed E-state index contributed by atoms with van der Waals surface area (Å²) in [6, 6.07) is 0.237. The van der Waals surface area contributed by atoms with Crippen molar-refractivity contribution < 1.29 is 27.1 Å². The van der Waals surface area contributed by atoms with E-state index in [9.17, 15) is 22.4 Å². The number of nitrogen functional groups attached to an aromatic ring is 1. The zero-order chi connectivity index (χ0) is 16.4. The minimum Gasteiger partial charge on any atom is -0.444 e. The van der Waals surface area contributed by atoms with Crippen LogP contribution in [-0.2, 0) is 4.74 Å². The molecule has 0 radical (unpaired) electrons. The number of alkyl halides is 3. The van der Waals surface area contributed by atoms with E-state index >= 15 is 0 Å². The number of hydrogen-bond donors (Lipinski definition) is 2. The second kappa shape index (κ2) is 5.79. The lowest BCUT2D eigenvalue weighted by Crippen LogP contribution is -2.41. The Bertz CT molecular complexity index is 524. The Kier molecular flexibility index (Phi) is 4.70. The highest BCUT2D eigenvalue weighted by Gasteiger charge is 2.42. The summed E-state index contributed by atoms with van der Waals surface area (Å²) >= 11 is 0. The van der Waals surface area contributed by atoms with Gasteiger partial charge in [-0.15, -0.1) is 0 Å². The second-order valence-electron chi connectivity index (χ2n) is 5.40. The van der Waals surface area contributed by atoms with Gasteiger partial charge in [-0.2, -0.15) is 13.2 Å². The van der Waals surface area contributed by atoms with Crippen molar-refractivity contribution in [3.63, 3.8) is 0 Å². The van der Waals surface area contributed by atoms with Crippen LogP contribution in [0.2, 0.25) is 0 Å². The van der Waals surface area contributed by atoms with Crippen LogP contribution in [-0.4, -0.2) is 17.9 Å². The predicted molar refractivity (Wildman–Crippen MR) is 69.0 cm³/mol. The third kappa shape index (κ3) is 5.13. The van der Waals surface area contributed by atoms with Crippen molar-refractivity contribution in [2.24, 2.45) is 0 Å². The molecule has 8 heteroatoms. The topological polar surface area (TPSA) is 64.3 Å². The van der Waals surface area contributed by atoms with Gasteiger partial charge in [-0.25, -0.2) is 9.18 Å². The fourth-order valence-electron chi connectivity index (χ4n) is 1.50. The van der Waals surface area contributed by atoms with E-state index in [-0.39, 0.29) is 5.69 Å². The summed E-state index contributed by atoms with van der Waals surface area (Å²) in [6.45, 7) is 4.54. The van der Waals surface area contributed by atoms with Crippen molar-refractivity contribution in [2.75, 3.05) is 5.73 Å². The zero-order valence-electron chi connectivity index (χ0n) is 11.7. The van der Waals surface area contributed by atoms with E-state index in [0.717, 1.165) is 12.1 Å². The molecule has 0 aliphatic rings. The van der Waals surface area contributed by atoms with Crippen LogP contribution in [0.4, 0.5) is 28.0 Å². The van der Waals surface area contributed by atoms with E-state index < -0.39 is 35.3 Å². The van der Waals surface area contributed by atoms with Gasteiger partial charge < -0.3 is 15.8 Å². The molecule has 0 unspecified atom stereocenters. The van der Waals surface area contributed by atoms with Crippen LogP contribution in [0.3, 0.4) is 0 Å². The number of carbonyl (C=O) groups excluding carboxylic acids is 1. The summed E-state index contributed by atoms with van der Waals surface area (Å²) in [6.07, 6.45) is -6.05. The number of amides is 1. The van der Waals surface area contributed by atoms with Gasteiger partial charge in [0.05, 0.1) is 5.69 Å². The number of nitrogens with two attached hydrogens (primary N) is 1. The van der Waals surface area contributed by atoms with Crippen LogP contribution in [0.1, 0.15) is 32.4 Å². The van der Waals surface area contributed by atoms with Gasteiger partial charge in [0.15, 0.2) is 6.04 Å². The molecule has 0 aliphatic heterocycles. The van der Waals surface area contributed by atoms with Crippen LogP contribution in [0, 0.1) is 5.82 Å². The number of halogens is 4. The highest BCUT2D eigenvalue weighted by Crippen LogP contribution is 2.33.